The van der Waals surface area contributed by atoms with Crippen molar-refractivity contribution in [1.82, 2.24) is 19.3 Å². The first-order valence-electron chi connectivity index (χ1n) is 18.6. The Labute approximate surface area is 313 Å². The maximum absolute atomic E-state index is 6.53. The van der Waals surface area contributed by atoms with Crippen LogP contribution in [-0.4, -0.2) is 25.9 Å². The number of nitrogens with zero attached hydrogens (tertiary/aromatic N) is 4. The average molecular weight is 703 g/mol. The van der Waals surface area contributed by atoms with Gasteiger partial charge in [0.2, 0.25) is 11.8 Å². The number of allylic oxidation sites excluding steroid dienone is 2. The van der Waals surface area contributed by atoms with Crippen LogP contribution in [0.4, 0.5) is 0 Å². The number of aromatic nitrogens is 4. The molecule has 9 aromatic rings. The minimum Gasteiger partial charge on any atom is -0.493 e. The number of hydrogen-bond acceptors (Lipinski definition) is 4. The predicted molar refractivity (Wildman–Crippen MR) is 219 cm³/mol. The molecule has 1 aliphatic rings. The van der Waals surface area contributed by atoms with Crippen molar-refractivity contribution < 1.29 is 9.15 Å². The summed E-state index contributed by atoms with van der Waals surface area (Å²) in [5.41, 5.74) is 8.15. The van der Waals surface area contributed by atoms with E-state index >= 15 is 0 Å². The zero-order valence-corrected chi connectivity index (χ0v) is 29.8. The van der Waals surface area contributed by atoms with Gasteiger partial charge in [0.1, 0.15) is 5.75 Å². The highest BCUT2D eigenvalue weighted by Gasteiger charge is 2.31. The summed E-state index contributed by atoms with van der Waals surface area (Å²) in [6.45, 7) is 8.71. The smallest absolute Gasteiger partial charge is 0.248 e. The van der Waals surface area contributed by atoms with Gasteiger partial charge in [0.25, 0.3) is 0 Å². The van der Waals surface area contributed by atoms with E-state index in [1.54, 1.807) is 0 Å². The van der Waals surface area contributed by atoms with Crippen molar-refractivity contribution in [3.8, 4) is 40.0 Å². The van der Waals surface area contributed by atoms with E-state index in [0.29, 0.717) is 36.1 Å². The van der Waals surface area contributed by atoms with E-state index in [1.807, 2.05) is 24.3 Å². The Hall–Kier alpha value is -6.66. The Morgan fingerprint density at radius 3 is 1.61 bits per heavy atom. The molecule has 6 heteroatoms. The largest absolute Gasteiger partial charge is 0.493 e. The number of hydrogen-bond donors (Lipinski definition) is 0. The van der Waals surface area contributed by atoms with E-state index in [9.17, 15) is 0 Å². The van der Waals surface area contributed by atoms with Crippen LogP contribution in [0.3, 0.4) is 0 Å². The first-order valence-corrected chi connectivity index (χ1v) is 18.6. The Morgan fingerprint density at radius 2 is 1.09 bits per heavy atom. The minimum absolute atomic E-state index is 0.412. The van der Waals surface area contributed by atoms with Gasteiger partial charge in [0.15, 0.2) is 0 Å². The topological polar surface area (TPSA) is 58.0 Å². The SMILES string of the molecule is C=CC1CC(C=C)C(COc2cccc(-c3nnc(-c4cc(-n5c6ccccc6c6ccccc65)cc(-n5c6ccccc6c6ccccc65)c4)o3)c2)C1. The Morgan fingerprint density at radius 1 is 0.574 bits per heavy atom. The van der Waals surface area contributed by atoms with Crippen molar-refractivity contribution in [3.63, 3.8) is 0 Å². The fourth-order valence-corrected chi connectivity index (χ4v) is 8.63. The molecule has 0 amide bonds. The number of fused-ring (bicyclic) bond motifs is 6. The molecular weight excluding hydrogens is 665 g/mol. The molecule has 262 valence electrons. The van der Waals surface area contributed by atoms with Crippen LogP contribution < -0.4 is 4.74 Å². The minimum atomic E-state index is 0.412. The van der Waals surface area contributed by atoms with Crippen molar-refractivity contribution >= 4 is 43.6 Å². The third kappa shape index (κ3) is 5.33. The number of para-hydroxylation sites is 4. The third-order valence-corrected chi connectivity index (χ3v) is 11.2. The molecule has 3 atom stereocenters. The molecule has 1 saturated carbocycles. The highest BCUT2D eigenvalue weighted by Crippen LogP contribution is 2.40. The molecule has 3 unspecified atom stereocenters. The molecule has 0 spiro atoms. The second-order valence-corrected chi connectivity index (χ2v) is 14.4. The van der Waals surface area contributed by atoms with Crippen LogP contribution in [0.15, 0.2) is 169 Å². The van der Waals surface area contributed by atoms with E-state index in [4.69, 9.17) is 9.15 Å². The first kappa shape index (κ1) is 32.0. The molecule has 1 aliphatic carbocycles. The molecule has 0 bridgehead atoms. The summed E-state index contributed by atoms with van der Waals surface area (Å²) in [4.78, 5) is 0. The van der Waals surface area contributed by atoms with Gasteiger partial charge in [0.05, 0.1) is 28.7 Å². The van der Waals surface area contributed by atoms with Crippen LogP contribution >= 0.6 is 0 Å². The van der Waals surface area contributed by atoms with Gasteiger partial charge in [-0.3, -0.25) is 0 Å². The number of ether oxygens (including phenoxy) is 1. The number of rotatable bonds is 9. The molecule has 0 radical (unpaired) electrons. The van der Waals surface area contributed by atoms with Gasteiger partial charge >= 0.3 is 0 Å². The summed E-state index contributed by atoms with van der Waals surface area (Å²) < 4.78 is 17.5. The fourth-order valence-electron chi connectivity index (χ4n) is 8.63. The van der Waals surface area contributed by atoms with Gasteiger partial charge in [-0.05, 0) is 91.3 Å². The van der Waals surface area contributed by atoms with E-state index in [-0.39, 0.29) is 0 Å². The van der Waals surface area contributed by atoms with E-state index in [0.717, 1.165) is 63.2 Å². The average Bonchev–Trinajstić information content (AvgIpc) is 4.02. The highest BCUT2D eigenvalue weighted by molar-refractivity contribution is 6.10. The van der Waals surface area contributed by atoms with Gasteiger partial charge in [0, 0.05) is 44.0 Å². The Balaban J connectivity index is 1.09. The maximum atomic E-state index is 6.53. The molecule has 6 nitrogen and oxygen atoms in total. The standard InChI is InChI=1S/C48H38N4O2/c1-3-31-24-32(4-2)35(25-31)30-53-38-15-13-14-33(28-38)47-49-50-48(54-47)34-26-36(51-43-20-9-5-16-39(43)40-17-6-10-21-44(40)51)29-37(27-34)52-45-22-11-7-18-41(45)42-19-8-12-23-46(42)52/h3-23,26-29,31-32,35H,1-2,24-25,30H2. The van der Waals surface area contributed by atoms with Gasteiger partial charge in [-0.1, -0.05) is 91.0 Å². The van der Waals surface area contributed by atoms with Crippen LogP contribution in [0.5, 0.6) is 5.75 Å². The van der Waals surface area contributed by atoms with Crippen LogP contribution in [0.1, 0.15) is 12.8 Å². The van der Waals surface area contributed by atoms with Crippen molar-refractivity contribution in [3.05, 3.63) is 165 Å². The Bertz CT molecular complexity index is 2640. The summed E-state index contributed by atoms with van der Waals surface area (Å²) in [5.74, 6) is 3.01. The lowest BCUT2D eigenvalue weighted by Crippen LogP contribution is -2.15. The van der Waals surface area contributed by atoms with Crippen molar-refractivity contribution in [2.45, 2.75) is 12.8 Å². The maximum Gasteiger partial charge on any atom is 0.248 e. The van der Waals surface area contributed by atoms with E-state index in [2.05, 4.69) is 160 Å². The first-order chi connectivity index (χ1) is 26.7. The zero-order chi connectivity index (χ0) is 36.2. The van der Waals surface area contributed by atoms with E-state index < -0.39 is 0 Å². The lowest BCUT2D eigenvalue weighted by molar-refractivity contribution is 0.230. The molecule has 0 N–H and O–H groups in total. The lowest BCUT2D eigenvalue weighted by Gasteiger charge is -2.17. The van der Waals surface area contributed by atoms with Crippen molar-refractivity contribution in [2.75, 3.05) is 6.61 Å². The molecule has 1 fully saturated rings. The molecule has 10 rings (SSSR count). The summed E-state index contributed by atoms with van der Waals surface area (Å²) in [7, 11) is 0. The summed E-state index contributed by atoms with van der Waals surface area (Å²) in [6, 6.07) is 48.8. The Kier molecular flexibility index (Phi) is 7.76. The predicted octanol–water partition coefficient (Wildman–Crippen LogP) is 12.0. The molecule has 0 saturated heterocycles. The second-order valence-electron chi connectivity index (χ2n) is 14.4. The van der Waals surface area contributed by atoms with Crippen LogP contribution in [-0.2, 0) is 0 Å². The van der Waals surface area contributed by atoms with Gasteiger partial charge in [-0.25, -0.2) is 0 Å². The van der Waals surface area contributed by atoms with Crippen LogP contribution in [0.25, 0.3) is 77.9 Å². The summed E-state index contributed by atoms with van der Waals surface area (Å²) in [5, 5.41) is 14.0. The van der Waals surface area contributed by atoms with Gasteiger partial charge < -0.3 is 18.3 Å². The molecule has 3 heterocycles. The summed E-state index contributed by atoms with van der Waals surface area (Å²) in [6.07, 6.45) is 6.28. The van der Waals surface area contributed by atoms with Crippen LogP contribution in [0, 0.1) is 17.8 Å². The zero-order valence-electron chi connectivity index (χ0n) is 29.8. The van der Waals surface area contributed by atoms with Crippen molar-refractivity contribution in [2.24, 2.45) is 17.8 Å². The van der Waals surface area contributed by atoms with Crippen molar-refractivity contribution in [1.29, 1.82) is 0 Å². The normalized spacial score (nSPS) is 17.1. The number of benzene rings is 6. The summed E-state index contributed by atoms with van der Waals surface area (Å²) >= 11 is 0. The van der Waals surface area contributed by atoms with Gasteiger partial charge in [-0.15, -0.1) is 23.4 Å². The molecular formula is C48H38N4O2. The van der Waals surface area contributed by atoms with E-state index in [1.165, 1.54) is 21.5 Å². The van der Waals surface area contributed by atoms with Crippen LogP contribution in [0.2, 0.25) is 0 Å². The highest BCUT2D eigenvalue weighted by atomic mass is 16.5. The molecule has 0 aliphatic heterocycles. The quantitative estimate of drug-likeness (QED) is 0.141. The molecule has 54 heavy (non-hydrogen) atoms. The lowest BCUT2D eigenvalue weighted by atomic mass is 9.97. The monoisotopic (exact) mass is 702 g/mol. The third-order valence-electron chi connectivity index (χ3n) is 11.2. The molecule has 6 aromatic carbocycles. The fraction of sp³-hybridized carbons (Fsp3) is 0.125. The molecule has 3 aromatic heterocycles. The second kappa shape index (κ2) is 13.1. The van der Waals surface area contributed by atoms with Gasteiger partial charge in [-0.2, -0.15) is 0 Å².